The third kappa shape index (κ3) is 4.63. The Morgan fingerprint density at radius 2 is 1.80 bits per heavy atom. The standard InChI is InChI=1S/C19H26F3NO2/c1-14(2)10-9-11-15(3)23(4)17(24)18(25-5,19(20,21)22)16-12-7-6-8-13-16/h6-8,10,12-13,15H,9,11H2,1-5H3. The maximum absolute atomic E-state index is 13.9. The van der Waals surface area contributed by atoms with Gasteiger partial charge in [-0.2, -0.15) is 13.2 Å². The van der Waals surface area contributed by atoms with Gasteiger partial charge >= 0.3 is 6.18 Å². The van der Waals surface area contributed by atoms with Crippen LogP contribution in [0.3, 0.4) is 0 Å². The monoisotopic (exact) mass is 357 g/mol. The second-order valence-electron chi connectivity index (χ2n) is 6.37. The number of carbonyl (C=O) groups excluding carboxylic acids is 1. The second kappa shape index (κ2) is 8.52. The Bertz CT molecular complexity index is 594. The van der Waals surface area contributed by atoms with E-state index in [1.54, 1.807) is 13.0 Å². The van der Waals surface area contributed by atoms with Crippen molar-refractivity contribution in [3.63, 3.8) is 0 Å². The smallest absolute Gasteiger partial charge is 0.356 e. The topological polar surface area (TPSA) is 29.5 Å². The molecule has 0 bridgehead atoms. The molecule has 6 heteroatoms. The van der Waals surface area contributed by atoms with Gasteiger partial charge in [-0.15, -0.1) is 0 Å². The van der Waals surface area contributed by atoms with E-state index in [0.29, 0.717) is 12.8 Å². The number of hydrogen-bond acceptors (Lipinski definition) is 2. The molecule has 0 radical (unpaired) electrons. The lowest BCUT2D eigenvalue weighted by atomic mass is 9.90. The van der Waals surface area contributed by atoms with E-state index >= 15 is 0 Å². The van der Waals surface area contributed by atoms with Gasteiger partial charge in [0, 0.05) is 25.8 Å². The van der Waals surface area contributed by atoms with Crippen LogP contribution in [0.15, 0.2) is 42.0 Å². The van der Waals surface area contributed by atoms with Gasteiger partial charge in [0.15, 0.2) is 0 Å². The number of rotatable bonds is 7. The van der Waals surface area contributed by atoms with Crippen LogP contribution in [0, 0.1) is 0 Å². The van der Waals surface area contributed by atoms with E-state index in [2.05, 4.69) is 0 Å². The first-order valence-electron chi connectivity index (χ1n) is 8.16. The molecule has 0 fully saturated rings. The second-order valence-corrected chi connectivity index (χ2v) is 6.37. The summed E-state index contributed by atoms with van der Waals surface area (Å²) < 4.78 is 46.6. The normalized spacial score (nSPS) is 15.2. The van der Waals surface area contributed by atoms with E-state index in [9.17, 15) is 18.0 Å². The molecular formula is C19H26F3NO2. The van der Waals surface area contributed by atoms with Crippen LogP contribution in [0.1, 0.15) is 39.2 Å². The number of amides is 1. The minimum Gasteiger partial charge on any atom is -0.356 e. The largest absolute Gasteiger partial charge is 0.430 e. The van der Waals surface area contributed by atoms with Crippen LogP contribution < -0.4 is 0 Å². The number of allylic oxidation sites excluding steroid dienone is 2. The highest BCUT2D eigenvalue weighted by Gasteiger charge is 2.63. The van der Waals surface area contributed by atoms with Crippen LogP contribution in [0.2, 0.25) is 0 Å². The fourth-order valence-corrected chi connectivity index (χ4v) is 2.66. The molecule has 25 heavy (non-hydrogen) atoms. The minimum absolute atomic E-state index is 0.224. The van der Waals surface area contributed by atoms with Gasteiger partial charge in [0.1, 0.15) is 0 Å². The molecule has 0 saturated carbocycles. The molecule has 1 aromatic rings. The first kappa shape index (κ1) is 21.2. The first-order chi connectivity index (χ1) is 11.6. The predicted octanol–water partition coefficient (Wildman–Crippen LogP) is 4.68. The third-order valence-corrected chi connectivity index (χ3v) is 4.31. The molecule has 0 spiro atoms. The number of benzene rings is 1. The molecule has 2 unspecified atom stereocenters. The maximum atomic E-state index is 13.9. The van der Waals surface area contributed by atoms with E-state index < -0.39 is 17.7 Å². The molecule has 3 nitrogen and oxygen atoms in total. The van der Waals surface area contributed by atoms with Crippen molar-refractivity contribution < 1.29 is 22.7 Å². The number of nitrogens with zero attached hydrogens (tertiary/aromatic N) is 1. The molecular weight excluding hydrogens is 331 g/mol. The SMILES string of the molecule is COC(C(=O)N(C)C(C)CCC=C(C)C)(c1ccccc1)C(F)(F)F. The molecule has 0 aliphatic carbocycles. The molecule has 1 rings (SSSR count). The lowest BCUT2D eigenvalue weighted by molar-refractivity contribution is -0.270. The summed E-state index contributed by atoms with van der Waals surface area (Å²) in [5.41, 5.74) is -2.10. The zero-order chi connectivity index (χ0) is 19.3. The van der Waals surface area contributed by atoms with Crippen LogP contribution in [-0.4, -0.2) is 37.2 Å². The molecule has 0 N–H and O–H groups in total. The zero-order valence-electron chi connectivity index (χ0n) is 15.4. The van der Waals surface area contributed by atoms with Crippen molar-refractivity contribution in [1.82, 2.24) is 4.90 Å². The molecule has 0 heterocycles. The molecule has 1 aromatic carbocycles. The van der Waals surface area contributed by atoms with Crippen molar-refractivity contribution in [2.24, 2.45) is 0 Å². The summed E-state index contributed by atoms with van der Waals surface area (Å²) >= 11 is 0. The van der Waals surface area contributed by atoms with Gasteiger partial charge in [0.2, 0.25) is 0 Å². The Balaban J connectivity index is 3.19. The number of halogens is 3. The summed E-state index contributed by atoms with van der Waals surface area (Å²) in [5.74, 6) is -1.11. The summed E-state index contributed by atoms with van der Waals surface area (Å²) in [6.07, 6.45) is -1.62. The first-order valence-corrected chi connectivity index (χ1v) is 8.16. The Morgan fingerprint density at radius 3 is 2.24 bits per heavy atom. The highest BCUT2D eigenvalue weighted by atomic mass is 19.4. The van der Waals surface area contributed by atoms with Crippen LogP contribution in [-0.2, 0) is 15.1 Å². The minimum atomic E-state index is -4.88. The predicted molar refractivity (Wildman–Crippen MR) is 92.1 cm³/mol. The summed E-state index contributed by atoms with van der Waals surface area (Å²) in [7, 11) is 2.30. The van der Waals surface area contributed by atoms with Gasteiger partial charge in [-0.05, 0) is 33.6 Å². The van der Waals surface area contributed by atoms with Gasteiger partial charge in [-0.25, -0.2) is 0 Å². The molecule has 140 valence electrons. The third-order valence-electron chi connectivity index (χ3n) is 4.31. The van der Waals surface area contributed by atoms with Crippen molar-refractivity contribution in [2.45, 2.75) is 51.4 Å². The zero-order valence-corrected chi connectivity index (χ0v) is 15.4. The number of methoxy groups -OCH3 is 1. The van der Waals surface area contributed by atoms with Gasteiger partial charge < -0.3 is 9.64 Å². The Kier molecular flexibility index (Phi) is 7.23. The molecule has 1 amide bonds. The number of hydrogen-bond donors (Lipinski definition) is 0. The average Bonchev–Trinajstić information content (AvgIpc) is 2.54. The average molecular weight is 357 g/mol. The summed E-state index contributed by atoms with van der Waals surface area (Å²) in [6, 6.07) is 6.67. The van der Waals surface area contributed by atoms with Crippen LogP contribution >= 0.6 is 0 Å². The number of alkyl halides is 3. The van der Waals surface area contributed by atoms with E-state index in [1.807, 2.05) is 19.9 Å². The Hall–Kier alpha value is -1.82. The van der Waals surface area contributed by atoms with Gasteiger partial charge in [0.25, 0.3) is 11.5 Å². The maximum Gasteiger partial charge on any atom is 0.430 e. The van der Waals surface area contributed by atoms with E-state index in [-0.39, 0.29) is 11.6 Å². The molecule has 0 aliphatic heterocycles. The van der Waals surface area contributed by atoms with Crippen molar-refractivity contribution in [1.29, 1.82) is 0 Å². The lowest BCUT2D eigenvalue weighted by Gasteiger charge is -2.38. The van der Waals surface area contributed by atoms with E-state index in [1.165, 1.54) is 31.3 Å². The number of ether oxygens (including phenoxy) is 1. The Morgan fingerprint density at radius 1 is 1.24 bits per heavy atom. The quantitative estimate of drug-likeness (QED) is 0.663. The van der Waals surface area contributed by atoms with Crippen LogP contribution in [0.4, 0.5) is 13.2 Å². The Labute approximate surface area is 147 Å². The van der Waals surface area contributed by atoms with Crippen molar-refractivity contribution in [3.05, 3.63) is 47.5 Å². The molecule has 0 aliphatic rings. The highest BCUT2D eigenvalue weighted by molar-refractivity contribution is 5.87. The van der Waals surface area contributed by atoms with Crippen molar-refractivity contribution in [2.75, 3.05) is 14.2 Å². The van der Waals surface area contributed by atoms with E-state index in [4.69, 9.17) is 4.74 Å². The molecule has 2 atom stereocenters. The van der Waals surface area contributed by atoms with Crippen molar-refractivity contribution >= 4 is 5.91 Å². The van der Waals surface area contributed by atoms with E-state index in [0.717, 1.165) is 17.6 Å². The molecule has 0 aromatic heterocycles. The van der Waals surface area contributed by atoms with Crippen LogP contribution in [0.5, 0.6) is 0 Å². The summed E-state index contributed by atoms with van der Waals surface area (Å²) in [6.45, 7) is 5.64. The van der Waals surface area contributed by atoms with Crippen molar-refractivity contribution in [3.8, 4) is 0 Å². The number of likely N-dealkylation sites (N-methyl/N-ethyl adjacent to an activating group) is 1. The van der Waals surface area contributed by atoms with Crippen LogP contribution in [0.25, 0.3) is 0 Å². The van der Waals surface area contributed by atoms with Gasteiger partial charge in [-0.3, -0.25) is 4.79 Å². The summed E-state index contributed by atoms with van der Waals surface area (Å²) in [4.78, 5) is 14.0. The van der Waals surface area contributed by atoms with Gasteiger partial charge in [-0.1, -0.05) is 42.0 Å². The summed E-state index contributed by atoms with van der Waals surface area (Å²) in [5, 5.41) is 0. The highest BCUT2D eigenvalue weighted by Crippen LogP contribution is 2.43. The lowest BCUT2D eigenvalue weighted by Crippen LogP contribution is -2.57. The molecule has 0 saturated heterocycles. The fraction of sp³-hybridized carbons (Fsp3) is 0.526. The number of carbonyl (C=O) groups is 1. The van der Waals surface area contributed by atoms with Gasteiger partial charge in [0.05, 0.1) is 0 Å². The fourth-order valence-electron chi connectivity index (χ4n) is 2.66.